The number of halogens is 1. The van der Waals surface area contributed by atoms with Crippen LogP contribution in [-0.4, -0.2) is 9.55 Å². The number of H-pyrrole nitrogens is 1. The number of rotatable bonds is 5. The van der Waals surface area contributed by atoms with E-state index in [0.717, 1.165) is 24.0 Å². The van der Waals surface area contributed by atoms with Gasteiger partial charge in [-0.05, 0) is 36.8 Å². The summed E-state index contributed by atoms with van der Waals surface area (Å²) in [5.41, 5.74) is 1.78. The average Bonchev–Trinajstić information content (AvgIpc) is 2.60. The van der Waals surface area contributed by atoms with Crippen molar-refractivity contribution in [3.63, 3.8) is 0 Å². The highest BCUT2D eigenvalue weighted by Crippen LogP contribution is 2.16. The van der Waals surface area contributed by atoms with E-state index >= 15 is 0 Å². The molecule has 17 heavy (non-hydrogen) atoms. The molecular weight excluding hydrogens is 235 g/mol. The molecule has 1 aromatic carbocycles. The third-order valence-electron chi connectivity index (χ3n) is 2.97. The monoisotopic (exact) mass is 252 g/mol. The minimum atomic E-state index is -0.230. The van der Waals surface area contributed by atoms with Gasteiger partial charge in [-0.25, -0.2) is 4.39 Å². The van der Waals surface area contributed by atoms with Crippen LogP contribution in [0.2, 0.25) is 0 Å². The molecule has 0 amide bonds. The molecule has 0 saturated carbocycles. The van der Waals surface area contributed by atoms with Crippen molar-refractivity contribution >= 4 is 23.3 Å². The Morgan fingerprint density at radius 3 is 2.88 bits per heavy atom. The third kappa shape index (κ3) is 2.75. The first-order chi connectivity index (χ1) is 8.22. The number of imidazole rings is 1. The van der Waals surface area contributed by atoms with Gasteiger partial charge in [0, 0.05) is 6.54 Å². The molecule has 0 atom stereocenters. The fraction of sp³-hybridized carbons (Fsp3) is 0.462. The fourth-order valence-corrected chi connectivity index (χ4v) is 2.35. The van der Waals surface area contributed by atoms with Gasteiger partial charge in [0.2, 0.25) is 0 Å². The fourth-order valence-electron chi connectivity index (χ4n) is 2.05. The van der Waals surface area contributed by atoms with Crippen LogP contribution in [0.3, 0.4) is 0 Å². The number of unbranched alkanes of at least 4 members (excludes halogenated alkanes) is 3. The van der Waals surface area contributed by atoms with Gasteiger partial charge in [-0.15, -0.1) is 0 Å². The van der Waals surface area contributed by atoms with E-state index in [1.165, 1.54) is 31.4 Å². The third-order valence-corrected chi connectivity index (χ3v) is 3.29. The average molecular weight is 252 g/mol. The Labute approximate surface area is 105 Å². The molecule has 0 saturated heterocycles. The SMILES string of the molecule is CCCCCCn1c(=S)[nH]c2cc(F)ccc21. The molecule has 0 aliphatic heterocycles. The van der Waals surface area contributed by atoms with Crippen molar-refractivity contribution in [2.24, 2.45) is 0 Å². The number of benzene rings is 1. The van der Waals surface area contributed by atoms with E-state index < -0.39 is 0 Å². The van der Waals surface area contributed by atoms with Gasteiger partial charge in [-0.1, -0.05) is 26.2 Å². The second-order valence-corrected chi connectivity index (χ2v) is 4.69. The molecular formula is C13H17FN2S. The van der Waals surface area contributed by atoms with Gasteiger partial charge in [0.15, 0.2) is 4.77 Å². The van der Waals surface area contributed by atoms with Crippen LogP contribution >= 0.6 is 12.2 Å². The topological polar surface area (TPSA) is 20.7 Å². The molecule has 1 N–H and O–H groups in total. The van der Waals surface area contributed by atoms with Gasteiger partial charge in [-0.3, -0.25) is 0 Å². The Bertz CT molecular complexity index is 556. The summed E-state index contributed by atoms with van der Waals surface area (Å²) in [7, 11) is 0. The number of aromatic nitrogens is 2. The largest absolute Gasteiger partial charge is 0.330 e. The second-order valence-electron chi connectivity index (χ2n) is 4.30. The molecule has 4 heteroatoms. The Morgan fingerprint density at radius 2 is 2.12 bits per heavy atom. The molecule has 0 radical (unpaired) electrons. The van der Waals surface area contributed by atoms with Crippen molar-refractivity contribution in [2.75, 3.05) is 0 Å². The molecule has 0 aliphatic rings. The highest BCUT2D eigenvalue weighted by atomic mass is 32.1. The normalized spacial score (nSPS) is 11.2. The van der Waals surface area contributed by atoms with Gasteiger partial charge in [-0.2, -0.15) is 0 Å². The summed E-state index contributed by atoms with van der Waals surface area (Å²) in [6.45, 7) is 3.10. The van der Waals surface area contributed by atoms with Crippen LogP contribution in [0.4, 0.5) is 4.39 Å². The molecule has 2 rings (SSSR count). The van der Waals surface area contributed by atoms with Crippen molar-refractivity contribution < 1.29 is 4.39 Å². The van der Waals surface area contributed by atoms with Gasteiger partial charge in [0.1, 0.15) is 5.82 Å². The Hall–Kier alpha value is -1.16. The molecule has 0 bridgehead atoms. The standard InChI is InChI=1S/C13H17FN2S/c1-2-3-4-5-8-16-12-7-6-10(14)9-11(12)15-13(16)17/h6-7,9H,2-5,8H2,1H3,(H,15,17). The van der Waals surface area contributed by atoms with Crippen molar-refractivity contribution in [3.05, 3.63) is 28.8 Å². The minimum Gasteiger partial charge on any atom is -0.330 e. The van der Waals surface area contributed by atoms with Crippen LogP contribution in [0.1, 0.15) is 32.6 Å². The van der Waals surface area contributed by atoms with Crippen molar-refractivity contribution in [2.45, 2.75) is 39.2 Å². The minimum absolute atomic E-state index is 0.230. The number of hydrogen-bond donors (Lipinski definition) is 1. The highest BCUT2D eigenvalue weighted by Gasteiger charge is 2.04. The van der Waals surface area contributed by atoms with Crippen LogP contribution in [-0.2, 0) is 6.54 Å². The summed E-state index contributed by atoms with van der Waals surface area (Å²) < 4.78 is 15.8. The van der Waals surface area contributed by atoms with Gasteiger partial charge in [0.25, 0.3) is 0 Å². The van der Waals surface area contributed by atoms with E-state index in [0.29, 0.717) is 4.77 Å². The van der Waals surface area contributed by atoms with Gasteiger partial charge >= 0.3 is 0 Å². The zero-order valence-corrected chi connectivity index (χ0v) is 10.8. The van der Waals surface area contributed by atoms with Gasteiger partial charge < -0.3 is 9.55 Å². The lowest BCUT2D eigenvalue weighted by Gasteiger charge is -2.03. The number of aryl methyl sites for hydroxylation is 1. The van der Waals surface area contributed by atoms with E-state index in [2.05, 4.69) is 16.5 Å². The zero-order chi connectivity index (χ0) is 12.3. The number of nitrogens with one attached hydrogen (secondary N) is 1. The molecule has 2 aromatic rings. The first kappa shape index (κ1) is 12.3. The number of fused-ring (bicyclic) bond motifs is 1. The predicted molar refractivity (Wildman–Crippen MR) is 71.2 cm³/mol. The summed E-state index contributed by atoms with van der Waals surface area (Å²) in [4.78, 5) is 3.05. The molecule has 0 fully saturated rings. The number of aromatic amines is 1. The molecule has 1 aromatic heterocycles. The van der Waals surface area contributed by atoms with E-state index in [9.17, 15) is 4.39 Å². The van der Waals surface area contributed by atoms with Crippen LogP contribution in [0.15, 0.2) is 18.2 Å². The van der Waals surface area contributed by atoms with E-state index in [4.69, 9.17) is 12.2 Å². The van der Waals surface area contributed by atoms with Crippen LogP contribution in [0, 0.1) is 10.6 Å². The Morgan fingerprint density at radius 1 is 1.29 bits per heavy atom. The van der Waals surface area contributed by atoms with Gasteiger partial charge in [0.05, 0.1) is 11.0 Å². The number of hydrogen-bond acceptors (Lipinski definition) is 1. The maximum Gasteiger partial charge on any atom is 0.178 e. The predicted octanol–water partition coefficient (Wildman–Crippen LogP) is 4.42. The Kier molecular flexibility index (Phi) is 3.94. The maximum absolute atomic E-state index is 13.1. The second kappa shape index (κ2) is 5.45. The molecule has 0 spiro atoms. The summed E-state index contributed by atoms with van der Waals surface area (Å²) in [6.07, 6.45) is 4.81. The van der Waals surface area contributed by atoms with E-state index in [1.807, 2.05) is 0 Å². The van der Waals surface area contributed by atoms with E-state index in [-0.39, 0.29) is 5.82 Å². The Balaban J connectivity index is 2.21. The molecule has 0 unspecified atom stereocenters. The molecule has 2 nitrogen and oxygen atoms in total. The van der Waals surface area contributed by atoms with Crippen molar-refractivity contribution in [1.29, 1.82) is 0 Å². The van der Waals surface area contributed by atoms with Crippen LogP contribution < -0.4 is 0 Å². The first-order valence-corrected chi connectivity index (χ1v) is 6.51. The van der Waals surface area contributed by atoms with Crippen molar-refractivity contribution in [1.82, 2.24) is 9.55 Å². The maximum atomic E-state index is 13.1. The zero-order valence-electron chi connectivity index (χ0n) is 10.0. The first-order valence-electron chi connectivity index (χ1n) is 6.10. The molecule has 92 valence electrons. The van der Waals surface area contributed by atoms with Crippen LogP contribution in [0.25, 0.3) is 11.0 Å². The number of nitrogens with zero attached hydrogens (tertiary/aromatic N) is 1. The summed E-state index contributed by atoms with van der Waals surface area (Å²) in [6, 6.07) is 4.76. The molecule has 0 aliphatic carbocycles. The molecule has 1 heterocycles. The van der Waals surface area contributed by atoms with Crippen molar-refractivity contribution in [3.8, 4) is 0 Å². The lowest BCUT2D eigenvalue weighted by atomic mass is 10.2. The lowest BCUT2D eigenvalue weighted by molar-refractivity contribution is 0.587. The highest BCUT2D eigenvalue weighted by molar-refractivity contribution is 7.71. The summed E-state index contributed by atoms with van der Waals surface area (Å²) in [5.74, 6) is -0.230. The summed E-state index contributed by atoms with van der Waals surface area (Å²) in [5, 5.41) is 0. The summed E-state index contributed by atoms with van der Waals surface area (Å²) >= 11 is 5.26. The quantitative estimate of drug-likeness (QED) is 0.617. The van der Waals surface area contributed by atoms with Crippen LogP contribution in [0.5, 0.6) is 0 Å². The smallest absolute Gasteiger partial charge is 0.178 e. The van der Waals surface area contributed by atoms with E-state index in [1.54, 1.807) is 6.07 Å². The lowest BCUT2D eigenvalue weighted by Crippen LogP contribution is -1.97.